The molecule has 1 fully saturated rings. The lowest BCUT2D eigenvalue weighted by atomic mass is 10.1. The summed E-state index contributed by atoms with van der Waals surface area (Å²) in [4.78, 5) is 41.1. The van der Waals surface area contributed by atoms with Crippen LogP contribution < -0.4 is 5.32 Å². The van der Waals surface area contributed by atoms with Crippen LogP contribution in [0.5, 0.6) is 0 Å². The van der Waals surface area contributed by atoms with Crippen molar-refractivity contribution in [1.82, 2.24) is 9.80 Å². The number of anilines is 1. The predicted molar refractivity (Wildman–Crippen MR) is 117 cm³/mol. The van der Waals surface area contributed by atoms with Crippen molar-refractivity contribution >= 4 is 23.4 Å². The Morgan fingerprint density at radius 3 is 2.30 bits per heavy atom. The molecule has 0 saturated carbocycles. The minimum atomic E-state index is -0.388. The van der Waals surface area contributed by atoms with E-state index in [1.165, 1.54) is 0 Å². The quantitative estimate of drug-likeness (QED) is 0.761. The molecule has 2 aromatic carbocycles. The van der Waals surface area contributed by atoms with Gasteiger partial charge in [-0.25, -0.2) is 0 Å². The number of carbonyl (C=O) groups excluding carboxylic acids is 3. The number of nitrogens with zero attached hydrogens (tertiary/aromatic N) is 2. The largest absolute Gasteiger partial charge is 0.339 e. The fraction of sp³-hybridized carbons (Fsp3) is 0.375. The highest BCUT2D eigenvalue weighted by Gasteiger charge is 2.37. The molecule has 0 bridgehead atoms. The molecule has 0 aromatic heterocycles. The Labute approximate surface area is 177 Å². The van der Waals surface area contributed by atoms with E-state index in [2.05, 4.69) is 5.32 Å². The van der Waals surface area contributed by atoms with Crippen LogP contribution in [0.4, 0.5) is 5.69 Å². The minimum absolute atomic E-state index is 0.00771. The van der Waals surface area contributed by atoms with Crippen LogP contribution in [0.1, 0.15) is 49.2 Å². The highest BCUT2D eigenvalue weighted by molar-refractivity contribution is 5.98. The first-order chi connectivity index (χ1) is 14.4. The highest BCUT2D eigenvalue weighted by Crippen LogP contribution is 2.29. The lowest BCUT2D eigenvalue weighted by Gasteiger charge is -2.25. The summed E-state index contributed by atoms with van der Waals surface area (Å²) in [7, 11) is 0. The number of hydrogen-bond donors (Lipinski definition) is 1. The van der Waals surface area contributed by atoms with Crippen LogP contribution in [0.2, 0.25) is 0 Å². The second kappa shape index (κ2) is 9.57. The first-order valence-electron chi connectivity index (χ1n) is 10.5. The van der Waals surface area contributed by atoms with Crippen molar-refractivity contribution in [2.24, 2.45) is 5.92 Å². The number of carbonyl (C=O) groups is 3. The molecular formula is C24H29N3O3. The van der Waals surface area contributed by atoms with E-state index in [0.29, 0.717) is 30.9 Å². The van der Waals surface area contributed by atoms with Gasteiger partial charge in [-0.1, -0.05) is 30.3 Å². The monoisotopic (exact) mass is 407 g/mol. The van der Waals surface area contributed by atoms with Crippen molar-refractivity contribution in [2.45, 2.75) is 33.2 Å². The Morgan fingerprint density at radius 1 is 1.07 bits per heavy atom. The van der Waals surface area contributed by atoms with E-state index in [9.17, 15) is 14.4 Å². The van der Waals surface area contributed by atoms with Crippen molar-refractivity contribution in [3.05, 3.63) is 65.7 Å². The smallest absolute Gasteiger partial charge is 0.253 e. The Hall–Kier alpha value is -3.15. The van der Waals surface area contributed by atoms with Gasteiger partial charge in [0, 0.05) is 37.3 Å². The molecule has 1 saturated heterocycles. The van der Waals surface area contributed by atoms with Gasteiger partial charge in [-0.05, 0) is 50.6 Å². The molecule has 6 nitrogen and oxygen atoms in total. The van der Waals surface area contributed by atoms with E-state index in [1.54, 1.807) is 34.1 Å². The van der Waals surface area contributed by atoms with E-state index < -0.39 is 0 Å². The molecule has 2 aromatic rings. The Morgan fingerprint density at radius 2 is 1.70 bits per heavy atom. The summed E-state index contributed by atoms with van der Waals surface area (Å²) < 4.78 is 0. The Balaban J connectivity index is 1.61. The number of benzene rings is 2. The van der Waals surface area contributed by atoms with Gasteiger partial charge in [-0.3, -0.25) is 14.4 Å². The zero-order chi connectivity index (χ0) is 21.7. The van der Waals surface area contributed by atoms with E-state index in [1.807, 2.05) is 51.1 Å². The molecule has 3 rings (SSSR count). The Kier molecular flexibility index (Phi) is 6.87. The number of rotatable bonds is 7. The normalized spacial score (nSPS) is 17.0. The summed E-state index contributed by atoms with van der Waals surface area (Å²) in [6.45, 7) is 7.59. The maximum Gasteiger partial charge on any atom is 0.253 e. The van der Waals surface area contributed by atoms with E-state index in [4.69, 9.17) is 0 Å². The van der Waals surface area contributed by atoms with Crippen LogP contribution in [-0.4, -0.2) is 47.2 Å². The van der Waals surface area contributed by atoms with Crippen LogP contribution >= 0.6 is 0 Å². The number of amides is 3. The molecular weight excluding hydrogens is 378 g/mol. The molecule has 6 heteroatoms. The fourth-order valence-electron chi connectivity index (χ4n) is 3.83. The van der Waals surface area contributed by atoms with Crippen LogP contribution in [0.15, 0.2) is 54.6 Å². The molecule has 1 aliphatic heterocycles. The fourth-order valence-corrected chi connectivity index (χ4v) is 3.83. The van der Waals surface area contributed by atoms with Gasteiger partial charge in [0.25, 0.3) is 5.91 Å². The van der Waals surface area contributed by atoms with Gasteiger partial charge in [-0.15, -0.1) is 0 Å². The third-order valence-electron chi connectivity index (χ3n) is 5.73. The van der Waals surface area contributed by atoms with E-state index >= 15 is 0 Å². The molecule has 3 amide bonds. The van der Waals surface area contributed by atoms with Gasteiger partial charge in [0.15, 0.2) is 0 Å². The molecule has 158 valence electrons. The lowest BCUT2D eigenvalue weighted by molar-refractivity contribution is -0.129. The second-order valence-electron chi connectivity index (χ2n) is 7.58. The van der Waals surface area contributed by atoms with Gasteiger partial charge in [0.2, 0.25) is 11.8 Å². The summed E-state index contributed by atoms with van der Waals surface area (Å²) in [6.07, 6.45) is 0.210. The van der Waals surface area contributed by atoms with Crippen LogP contribution in [-0.2, 0) is 9.59 Å². The minimum Gasteiger partial charge on any atom is -0.339 e. The number of hydrogen-bond acceptors (Lipinski definition) is 3. The standard InChI is InChI=1S/C24H29N3O3/c1-4-26(5-2)24(30)19-11-13-21(14-12-19)25-23(29)20-15-22(28)27(16-20)17(3)18-9-7-6-8-10-18/h6-14,17,20H,4-5,15-16H2,1-3H3,(H,25,29)/t17-,20-/m1/s1. The van der Waals surface area contributed by atoms with Crippen molar-refractivity contribution in [3.63, 3.8) is 0 Å². The molecule has 1 aliphatic rings. The van der Waals surface area contributed by atoms with Gasteiger partial charge in [0.05, 0.1) is 12.0 Å². The molecule has 0 spiro atoms. The van der Waals surface area contributed by atoms with Gasteiger partial charge in [0.1, 0.15) is 0 Å². The summed E-state index contributed by atoms with van der Waals surface area (Å²) in [5.74, 6) is -0.592. The predicted octanol–water partition coefficient (Wildman–Crippen LogP) is 3.72. The summed E-state index contributed by atoms with van der Waals surface area (Å²) in [5, 5.41) is 2.88. The maximum atomic E-state index is 12.7. The topological polar surface area (TPSA) is 69.7 Å². The molecule has 30 heavy (non-hydrogen) atoms. The van der Waals surface area contributed by atoms with Gasteiger partial charge >= 0.3 is 0 Å². The summed E-state index contributed by atoms with van der Waals surface area (Å²) in [5.41, 5.74) is 2.27. The lowest BCUT2D eigenvalue weighted by Crippen LogP contribution is -2.31. The van der Waals surface area contributed by atoms with Crippen LogP contribution in [0.3, 0.4) is 0 Å². The third kappa shape index (κ3) is 4.70. The Bertz CT molecular complexity index is 892. The van der Waals surface area contributed by atoms with Crippen molar-refractivity contribution in [3.8, 4) is 0 Å². The first-order valence-corrected chi connectivity index (χ1v) is 10.5. The van der Waals surface area contributed by atoms with Gasteiger partial charge in [-0.2, -0.15) is 0 Å². The summed E-state index contributed by atoms with van der Waals surface area (Å²) >= 11 is 0. The summed E-state index contributed by atoms with van der Waals surface area (Å²) in [6, 6.07) is 16.7. The third-order valence-corrected chi connectivity index (χ3v) is 5.73. The van der Waals surface area contributed by atoms with Crippen molar-refractivity contribution in [2.75, 3.05) is 25.0 Å². The average molecular weight is 408 g/mol. The average Bonchev–Trinajstić information content (AvgIpc) is 3.17. The van der Waals surface area contributed by atoms with Crippen molar-refractivity contribution in [1.29, 1.82) is 0 Å². The van der Waals surface area contributed by atoms with Gasteiger partial charge < -0.3 is 15.1 Å². The zero-order valence-electron chi connectivity index (χ0n) is 17.8. The number of likely N-dealkylation sites (tertiary alicyclic amines) is 1. The molecule has 0 radical (unpaired) electrons. The highest BCUT2D eigenvalue weighted by atomic mass is 16.2. The van der Waals surface area contributed by atoms with Crippen LogP contribution in [0, 0.1) is 5.92 Å². The zero-order valence-corrected chi connectivity index (χ0v) is 17.8. The maximum absolute atomic E-state index is 12.7. The molecule has 0 unspecified atom stereocenters. The second-order valence-corrected chi connectivity index (χ2v) is 7.58. The molecule has 2 atom stereocenters. The SMILES string of the molecule is CCN(CC)C(=O)c1ccc(NC(=O)[C@@H]2CC(=O)N([C@H](C)c3ccccc3)C2)cc1. The first kappa shape index (κ1) is 21.6. The van der Waals surface area contributed by atoms with E-state index in [-0.39, 0.29) is 36.1 Å². The number of nitrogens with one attached hydrogen (secondary N) is 1. The molecule has 1 N–H and O–H groups in total. The van der Waals surface area contributed by atoms with E-state index in [0.717, 1.165) is 5.56 Å². The molecule has 0 aliphatic carbocycles. The van der Waals surface area contributed by atoms with Crippen LogP contribution in [0.25, 0.3) is 0 Å². The molecule has 1 heterocycles. The van der Waals surface area contributed by atoms with Crippen molar-refractivity contribution < 1.29 is 14.4 Å².